The number of nitrogens with one attached hydrogen (secondary N) is 1. The van der Waals surface area contributed by atoms with Crippen LogP contribution in [-0.2, 0) is 6.42 Å². The number of nitrogens with zero attached hydrogens (tertiary/aromatic N) is 2. The minimum absolute atomic E-state index is 0.0106. The van der Waals surface area contributed by atoms with E-state index in [0.717, 1.165) is 17.7 Å². The van der Waals surface area contributed by atoms with Crippen LogP contribution in [0.3, 0.4) is 0 Å². The normalized spacial score (nSPS) is 15.2. The lowest BCUT2D eigenvalue weighted by Gasteiger charge is -2.22. The van der Waals surface area contributed by atoms with Gasteiger partial charge in [-0.1, -0.05) is 30.3 Å². The van der Waals surface area contributed by atoms with Crippen molar-refractivity contribution in [3.05, 3.63) is 89.5 Å². The van der Waals surface area contributed by atoms with Gasteiger partial charge < -0.3 is 10.2 Å². The van der Waals surface area contributed by atoms with E-state index in [1.165, 1.54) is 24.3 Å². The monoisotopic (exact) mass is 375 g/mol. The molecule has 2 aromatic carbocycles. The topological polar surface area (TPSA) is 62.3 Å². The van der Waals surface area contributed by atoms with Crippen LogP contribution < -0.4 is 10.2 Å². The molecule has 1 aromatic heterocycles. The first kappa shape index (κ1) is 17.9. The molecule has 0 radical (unpaired) electrons. The van der Waals surface area contributed by atoms with E-state index in [9.17, 15) is 14.0 Å². The van der Waals surface area contributed by atoms with Crippen LogP contribution in [0.4, 0.5) is 15.8 Å². The Labute approximate surface area is 161 Å². The fraction of sp³-hybridized carbons (Fsp3) is 0.136. The summed E-state index contributed by atoms with van der Waals surface area (Å²) in [7, 11) is 0. The van der Waals surface area contributed by atoms with Crippen molar-refractivity contribution in [2.45, 2.75) is 19.4 Å². The maximum absolute atomic E-state index is 13.3. The number of para-hydroxylation sites is 1. The van der Waals surface area contributed by atoms with Crippen molar-refractivity contribution >= 4 is 23.2 Å². The van der Waals surface area contributed by atoms with Gasteiger partial charge in [0, 0.05) is 17.4 Å². The molecule has 2 amide bonds. The molecule has 4 rings (SSSR count). The number of hydrogen-bond donors (Lipinski definition) is 1. The van der Waals surface area contributed by atoms with E-state index in [1.54, 1.807) is 23.1 Å². The number of aromatic nitrogens is 1. The lowest BCUT2D eigenvalue weighted by molar-refractivity contribution is 0.0976. The van der Waals surface area contributed by atoms with Crippen molar-refractivity contribution in [2.24, 2.45) is 0 Å². The Morgan fingerprint density at radius 1 is 1.04 bits per heavy atom. The van der Waals surface area contributed by atoms with Crippen LogP contribution in [0.15, 0.2) is 66.7 Å². The highest BCUT2D eigenvalue weighted by atomic mass is 19.1. The van der Waals surface area contributed by atoms with Crippen molar-refractivity contribution in [3.8, 4) is 0 Å². The van der Waals surface area contributed by atoms with Gasteiger partial charge in [0.2, 0.25) is 0 Å². The number of amides is 2. The van der Waals surface area contributed by atoms with Gasteiger partial charge in [-0.05, 0) is 55.3 Å². The highest BCUT2D eigenvalue weighted by molar-refractivity contribution is 6.08. The third-order valence-corrected chi connectivity index (χ3v) is 4.71. The quantitative estimate of drug-likeness (QED) is 0.751. The summed E-state index contributed by atoms with van der Waals surface area (Å²) in [6, 6.07) is 18.1. The Bertz CT molecular complexity index is 1070. The Hall–Kier alpha value is -3.54. The zero-order valence-corrected chi connectivity index (χ0v) is 15.2. The van der Waals surface area contributed by atoms with Gasteiger partial charge in [-0.3, -0.25) is 9.59 Å². The van der Waals surface area contributed by atoms with Gasteiger partial charge in [0.05, 0.1) is 0 Å². The molecule has 6 heteroatoms. The Balaban J connectivity index is 1.58. The summed E-state index contributed by atoms with van der Waals surface area (Å²) in [6.07, 6.45) is 0.779. The van der Waals surface area contributed by atoms with Crippen LogP contribution in [0.2, 0.25) is 0 Å². The molecule has 2 heterocycles. The van der Waals surface area contributed by atoms with Gasteiger partial charge in [-0.2, -0.15) is 0 Å². The highest BCUT2D eigenvalue weighted by Crippen LogP contribution is 2.32. The molecule has 1 unspecified atom stereocenters. The van der Waals surface area contributed by atoms with Crippen molar-refractivity contribution in [3.63, 3.8) is 0 Å². The number of carbonyl (C=O) groups is 2. The van der Waals surface area contributed by atoms with Crippen molar-refractivity contribution in [2.75, 3.05) is 10.2 Å². The van der Waals surface area contributed by atoms with Crippen molar-refractivity contribution in [1.82, 2.24) is 4.98 Å². The molecule has 0 saturated carbocycles. The van der Waals surface area contributed by atoms with E-state index in [-0.39, 0.29) is 23.3 Å². The maximum atomic E-state index is 13.3. The van der Waals surface area contributed by atoms with Gasteiger partial charge in [-0.25, -0.2) is 9.37 Å². The lowest BCUT2D eigenvalue weighted by Crippen LogP contribution is -2.36. The molecule has 140 valence electrons. The fourth-order valence-corrected chi connectivity index (χ4v) is 3.44. The predicted octanol–water partition coefficient (Wildman–Crippen LogP) is 4.06. The van der Waals surface area contributed by atoms with E-state index >= 15 is 0 Å². The molecule has 1 N–H and O–H groups in total. The first-order valence-corrected chi connectivity index (χ1v) is 8.98. The zero-order valence-electron chi connectivity index (χ0n) is 15.2. The summed E-state index contributed by atoms with van der Waals surface area (Å²) in [5, 5.41) is 2.59. The van der Waals surface area contributed by atoms with Crippen molar-refractivity contribution in [1.29, 1.82) is 0 Å². The van der Waals surface area contributed by atoms with Crippen LogP contribution in [0.1, 0.15) is 33.5 Å². The van der Waals surface area contributed by atoms with E-state index < -0.39 is 11.7 Å². The number of hydrogen-bond acceptors (Lipinski definition) is 3. The highest BCUT2D eigenvalue weighted by Gasteiger charge is 2.32. The first-order chi connectivity index (χ1) is 13.5. The SMILES string of the molecule is CC1Cc2ccccc2N1C(=O)c1cccc(C(=O)Nc2cccc(F)c2)n1. The number of carbonyl (C=O) groups excluding carboxylic acids is 2. The number of fused-ring (bicyclic) bond motifs is 1. The largest absolute Gasteiger partial charge is 0.321 e. The standard InChI is InChI=1S/C22H18FN3O2/c1-14-12-15-6-2-3-11-20(15)26(14)22(28)19-10-5-9-18(25-19)21(27)24-17-8-4-7-16(23)13-17/h2-11,13-14H,12H2,1H3,(H,24,27). The number of anilines is 2. The molecular weight excluding hydrogens is 357 g/mol. The number of rotatable bonds is 3. The number of pyridine rings is 1. The van der Waals surface area contributed by atoms with Gasteiger partial charge in [0.15, 0.2) is 0 Å². The second-order valence-corrected chi connectivity index (χ2v) is 6.73. The molecule has 0 bridgehead atoms. The van der Waals surface area contributed by atoms with Gasteiger partial charge in [0.25, 0.3) is 11.8 Å². The molecular formula is C22H18FN3O2. The van der Waals surface area contributed by atoms with Crippen LogP contribution >= 0.6 is 0 Å². The Morgan fingerprint density at radius 2 is 1.79 bits per heavy atom. The number of benzene rings is 2. The summed E-state index contributed by atoms with van der Waals surface area (Å²) < 4.78 is 13.3. The van der Waals surface area contributed by atoms with E-state index in [2.05, 4.69) is 10.3 Å². The molecule has 0 saturated heterocycles. The maximum Gasteiger partial charge on any atom is 0.277 e. The molecule has 28 heavy (non-hydrogen) atoms. The summed E-state index contributed by atoms with van der Waals surface area (Å²) in [4.78, 5) is 31.5. The summed E-state index contributed by atoms with van der Waals surface area (Å²) in [5.41, 5.74) is 2.59. The van der Waals surface area contributed by atoms with Crippen LogP contribution in [-0.4, -0.2) is 22.8 Å². The molecule has 1 aliphatic rings. The smallest absolute Gasteiger partial charge is 0.277 e. The first-order valence-electron chi connectivity index (χ1n) is 8.98. The molecule has 5 nitrogen and oxygen atoms in total. The molecule has 0 spiro atoms. The third-order valence-electron chi connectivity index (χ3n) is 4.71. The van der Waals surface area contributed by atoms with Gasteiger partial charge >= 0.3 is 0 Å². The van der Waals surface area contributed by atoms with Crippen LogP contribution in [0.5, 0.6) is 0 Å². The minimum Gasteiger partial charge on any atom is -0.321 e. The zero-order chi connectivity index (χ0) is 19.7. The minimum atomic E-state index is -0.505. The molecule has 1 atom stereocenters. The predicted molar refractivity (Wildman–Crippen MR) is 105 cm³/mol. The average Bonchev–Trinajstić information content (AvgIpc) is 3.03. The van der Waals surface area contributed by atoms with Gasteiger partial charge in [-0.15, -0.1) is 0 Å². The van der Waals surface area contributed by atoms with Crippen LogP contribution in [0.25, 0.3) is 0 Å². The second-order valence-electron chi connectivity index (χ2n) is 6.73. The third kappa shape index (κ3) is 3.36. The molecule has 1 aliphatic heterocycles. The van der Waals surface area contributed by atoms with E-state index in [1.807, 2.05) is 31.2 Å². The van der Waals surface area contributed by atoms with Crippen molar-refractivity contribution < 1.29 is 14.0 Å². The second kappa shape index (κ2) is 7.23. The summed E-state index contributed by atoms with van der Waals surface area (Å²) >= 11 is 0. The molecule has 0 aliphatic carbocycles. The molecule has 3 aromatic rings. The number of halogens is 1. The Kier molecular flexibility index (Phi) is 4.61. The van der Waals surface area contributed by atoms with E-state index in [4.69, 9.17) is 0 Å². The van der Waals surface area contributed by atoms with Gasteiger partial charge in [0.1, 0.15) is 17.2 Å². The fourth-order valence-electron chi connectivity index (χ4n) is 3.44. The summed E-state index contributed by atoms with van der Waals surface area (Å²) in [5.74, 6) is -1.20. The molecule has 0 fully saturated rings. The lowest BCUT2D eigenvalue weighted by atomic mass is 10.1. The Morgan fingerprint density at radius 3 is 2.61 bits per heavy atom. The van der Waals surface area contributed by atoms with Crippen LogP contribution in [0, 0.1) is 5.82 Å². The summed E-state index contributed by atoms with van der Waals surface area (Å²) in [6.45, 7) is 1.98. The average molecular weight is 375 g/mol. The van der Waals surface area contributed by atoms with E-state index in [0.29, 0.717) is 5.69 Å².